The summed E-state index contributed by atoms with van der Waals surface area (Å²) in [5.41, 5.74) is 11.1. The van der Waals surface area contributed by atoms with E-state index in [1.165, 1.54) is 64.7 Å². The van der Waals surface area contributed by atoms with Crippen LogP contribution in [0.3, 0.4) is 0 Å². The Kier molecular flexibility index (Phi) is 42.9. The summed E-state index contributed by atoms with van der Waals surface area (Å²) in [6.45, 7) is 5.21. The van der Waals surface area contributed by atoms with E-state index >= 15 is 0 Å². The summed E-state index contributed by atoms with van der Waals surface area (Å²) in [7, 11) is 0. The second-order valence-corrected chi connectivity index (χ2v) is 19.7. The molecule has 0 rings (SSSR count). The Morgan fingerprint density at radius 2 is 0.851 bits per heavy atom. The molecule has 0 aromatic rings. The Hall–Kier alpha value is -5.47. The van der Waals surface area contributed by atoms with Gasteiger partial charge in [0.25, 0.3) is 0 Å². The van der Waals surface area contributed by atoms with E-state index in [1.807, 2.05) is 6.92 Å². The summed E-state index contributed by atoms with van der Waals surface area (Å²) in [6.07, 6.45) is 21.0. The third kappa shape index (κ3) is 43.0. The minimum Gasteiger partial charge on any atom is -0.481 e. The highest BCUT2D eigenvalue weighted by molar-refractivity contribution is 5.87. The highest BCUT2D eigenvalue weighted by Gasteiger charge is 2.26. The van der Waals surface area contributed by atoms with Crippen molar-refractivity contribution in [2.75, 3.05) is 6.54 Å². The molecule has 0 aromatic carbocycles. The van der Waals surface area contributed by atoms with Crippen molar-refractivity contribution in [2.45, 2.75) is 244 Å². The van der Waals surface area contributed by atoms with Crippen molar-refractivity contribution >= 4 is 65.0 Å². The van der Waals surface area contributed by atoms with Gasteiger partial charge in [0.05, 0.1) is 11.8 Å². The predicted octanol–water partition coefficient (Wildman–Crippen LogP) is 6.82. The number of primary amides is 1. The number of hydrogen-bond acceptors (Lipinski definition) is 12. The Morgan fingerprint density at radius 1 is 0.446 bits per heavy atom. The molecule has 0 saturated carbocycles. The van der Waals surface area contributed by atoms with Gasteiger partial charge in [0.1, 0.15) is 23.7 Å². The molecule has 4 amide bonds. The van der Waals surface area contributed by atoms with Crippen LogP contribution in [0.15, 0.2) is 0 Å². The zero-order chi connectivity index (χ0) is 56.3. The number of carboxylic acid groups (broad SMARTS) is 5. The minimum absolute atomic E-state index is 0.0154. The second kappa shape index (κ2) is 45.0. The normalized spacial score (nSPS) is 13.4. The van der Waals surface area contributed by atoms with Gasteiger partial charge in [-0.3, -0.25) is 38.4 Å². The van der Waals surface area contributed by atoms with Crippen molar-refractivity contribution < 1.29 is 78.3 Å². The summed E-state index contributed by atoms with van der Waals surface area (Å²) >= 11 is 0. The average Bonchev–Trinajstić information content (AvgIpc) is 3.31. The van der Waals surface area contributed by atoms with Crippen LogP contribution in [0.2, 0.25) is 0 Å². The molecule has 0 spiro atoms. The average molecular weight is 1060 g/mol. The first kappa shape index (κ1) is 70.6. The smallest absolute Gasteiger partial charge is 0.326 e. The van der Waals surface area contributed by atoms with Crippen LogP contribution in [0.25, 0.3) is 0 Å². The number of rotatable bonds is 48. The molecular weight excluding hydrogens is 963 g/mol. The zero-order valence-corrected chi connectivity index (χ0v) is 44.7. The highest BCUT2D eigenvalue weighted by atomic mass is 16.4. The fourth-order valence-corrected chi connectivity index (χ4v) is 8.30. The predicted molar refractivity (Wildman–Crippen MR) is 277 cm³/mol. The molecule has 0 aliphatic rings. The Labute approximate surface area is 438 Å². The molecule has 0 aliphatic heterocycles. The van der Waals surface area contributed by atoms with Crippen LogP contribution in [-0.4, -0.2) is 115 Å². The van der Waals surface area contributed by atoms with Crippen LogP contribution in [-0.2, 0) is 52.7 Å². The molecule has 74 heavy (non-hydrogen) atoms. The molecule has 0 aliphatic carbocycles. The molecule has 12 N–H and O–H groups in total. The molecule has 426 valence electrons. The van der Waals surface area contributed by atoms with E-state index in [4.69, 9.17) is 26.8 Å². The summed E-state index contributed by atoms with van der Waals surface area (Å²) in [5, 5.41) is 52.9. The van der Waals surface area contributed by atoms with Crippen molar-refractivity contribution in [3.05, 3.63) is 0 Å². The number of carbonyl (C=O) groups excluding carboxylic acids is 6. The number of aliphatic carboxylic acids is 5. The summed E-state index contributed by atoms with van der Waals surface area (Å²) in [4.78, 5) is 127. The molecule has 1 unspecified atom stereocenters. The third-order valence-corrected chi connectivity index (χ3v) is 12.6. The molecule has 0 fully saturated rings. The summed E-state index contributed by atoms with van der Waals surface area (Å²) in [5.74, 6) is -10.1. The van der Waals surface area contributed by atoms with Crippen LogP contribution in [0, 0.1) is 17.8 Å². The van der Waals surface area contributed by atoms with Crippen LogP contribution in [0.1, 0.15) is 226 Å². The fourth-order valence-electron chi connectivity index (χ4n) is 8.30. The molecule has 0 radical (unpaired) electrons. The molecule has 21 heteroatoms. The molecular formula is C53H93N5O16. The first-order chi connectivity index (χ1) is 35.0. The largest absolute Gasteiger partial charge is 0.481 e. The zero-order valence-electron chi connectivity index (χ0n) is 44.7. The maximum atomic E-state index is 12.3. The Morgan fingerprint density at radius 3 is 1.23 bits per heavy atom. The van der Waals surface area contributed by atoms with E-state index in [9.17, 15) is 63.0 Å². The molecule has 21 nitrogen and oxygen atoms in total. The van der Waals surface area contributed by atoms with Gasteiger partial charge in [-0.05, 0) is 71.6 Å². The molecule has 0 heterocycles. The van der Waals surface area contributed by atoms with E-state index < -0.39 is 71.5 Å². The van der Waals surface area contributed by atoms with Gasteiger partial charge in [-0.15, -0.1) is 0 Å². The van der Waals surface area contributed by atoms with Crippen molar-refractivity contribution in [1.82, 2.24) is 16.0 Å². The lowest BCUT2D eigenvalue weighted by Gasteiger charge is -2.16. The van der Waals surface area contributed by atoms with E-state index in [1.54, 1.807) is 6.92 Å². The minimum atomic E-state index is -1.31. The van der Waals surface area contributed by atoms with Crippen molar-refractivity contribution in [2.24, 2.45) is 29.2 Å². The van der Waals surface area contributed by atoms with Crippen LogP contribution >= 0.6 is 0 Å². The number of unbranched alkanes of at least 4 members (excludes halogenated alkanes) is 16. The van der Waals surface area contributed by atoms with Gasteiger partial charge in [0, 0.05) is 63.5 Å². The lowest BCUT2D eigenvalue weighted by molar-refractivity contribution is -0.145. The number of nitrogens with two attached hydrogens (primary N) is 2. The number of carbonyl (C=O) groups is 11. The third-order valence-electron chi connectivity index (χ3n) is 12.6. The quantitative estimate of drug-likeness (QED) is 0.0279. The number of hydrogen-bond donors (Lipinski definition) is 10. The van der Waals surface area contributed by atoms with Gasteiger partial charge < -0.3 is 57.7 Å². The van der Waals surface area contributed by atoms with E-state index in [0.29, 0.717) is 57.9 Å². The Balaban J connectivity index is 0. The van der Waals surface area contributed by atoms with E-state index in [2.05, 4.69) is 16.0 Å². The number of Topliss-reactive ketones (excluding diaryl/α,β-unsaturated/α-hetero) is 2. The van der Waals surface area contributed by atoms with Crippen molar-refractivity contribution in [3.8, 4) is 0 Å². The van der Waals surface area contributed by atoms with Crippen LogP contribution < -0.4 is 27.4 Å². The monoisotopic (exact) mass is 1060 g/mol. The fraction of sp³-hybridized carbons (Fsp3) is 0.792. The maximum Gasteiger partial charge on any atom is 0.326 e. The van der Waals surface area contributed by atoms with Gasteiger partial charge in [-0.1, -0.05) is 110 Å². The van der Waals surface area contributed by atoms with Gasteiger partial charge in [0.2, 0.25) is 23.6 Å². The second-order valence-electron chi connectivity index (χ2n) is 19.7. The van der Waals surface area contributed by atoms with Crippen molar-refractivity contribution in [3.63, 3.8) is 0 Å². The van der Waals surface area contributed by atoms with Crippen LogP contribution in [0.5, 0.6) is 0 Å². The summed E-state index contributed by atoms with van der Waals surface area (Å²) < 4.78 is 0. The first-order valence-electron chi connectivity index (χ1n) is 27.0. The standard InChI is InChI=1S/C31H55NO8.C22H38N4O8/c1-2-19-27(31(39)40)32-28(34)23-22-25(30(37)38)24-26(33)20-17-15-13-11-9-7-5-3-4-6-8-10-12-14-16-18-21-29(35)36;1-13(23)11-15(20(24)30)5-3-4-10-25-18(28)9-7-17(22(33)34)26-19(29)8-6-16(21(31)32)12-14(2)27/h25,27H,2-24H2,1H3,(H,32,34)(H,35,36)(H,37,38)(H,39,40);13,15-17H,3-12,23H2,1-2H3,(H2,24,30)(H,25,28)(H,26,29)(H,31,32)(H,33,34)/t25-,27+;13?,15-,16-,17+/m11/s1. The molecule has 6 atom stereocenters. The topological polar surface area (TPSA) is 377 Å². The SMILES string of the molecule is CC(=O)C[C@@H](CCC(=O)N[C@@H](CCC(=O)NCCCC[C@H](CC(C)N)C(N)=O)C(=O)O)C(=O)O.CCC[C@H](NC(=O)CC[C@H](CC(=O)CCCCCCCCCCCCCCCCCCC(=O)O)C(=O)O)C(=O)O. The van der Waals surface area contributed by atoms with Gasteiger partial charge >= 0.3 is 29.8 Å². The Bertz CT molecular complexity index is 1690. The number of carboxylic acids is 5. The first-order valence-corrected chi connectivity index (χ1v) is 27.0. The molecule has 0 saturated heterocycles. The molecule has 0 bridgehead atoms. The van der Waals surface area contributed by atoms with Crippen molar-refractivity contribution in [1.29, 1.82) is 0 Å². The van der Waals surface area contributed by atoms with Gasteiger partial charge in [-0.25, -0.2) is 9.59 Å². The van der Waals surface area contributed by atoms with E-state index in [-0.39, 0.29) is 80.8 Å². The summed E-state index contributed by atoms with van der Waals surface area (Å²) in [6, 6.07) is -2.42. The van der Waals surface area contributed by atoms with Crippen LogP contribution in [0.4, 0.5) is 0 Å². The number of ketones is 2. The van der Waals surface area contributed by atoms with E-state index in [0.717, 1.165) is 44.9 Å². The lowest BCUT2D eigenvalue weighted by Crippen LogP contribution is -2.41. The number of amides is 4. The lowest BCUT2D eigenvalue weighted by atomic mass is 9.94. The van der Waals surface area contributed by atoms with Gasteiger partial charge in [0.15, 0.2) is 0 Å². The van der Waals surface area contributed by atoms with Gasteiger partial charge in [-0.2, -0.15) is 0 Å². The highest BCUT2D eigenvalue weighted by Crippen LogP contribution is 2.19. The maximum absolute atomic E-state index is 12.3. The number of nitrogens with one attached hydrogen (secondary N) is 3. The molecule has 0 aromatic heterocycles.